The van der Waals surface area contributed by atoms with E-state index in [4.69, 9.17) is 9.29 Å². The Bertz CT molecular complexity index is 557. The van der Waals surface area contributed by atoms with Crippen molar-refractivity contribution >= 4 is 11.4 Å². The summed E-state index contributed by atoms with van der Waals surface area (Å²) in [7, 11) is 0. The quantitative estimate of drug-likeness (QED) is 0.558. The number of ether oxygens (including phenoxy) is 1. The van der Waals surface area contributed by atoms with Crippen LogP contribution in [0.5, 0.6) is 0 Å². The second kappa shape index (κ2) is 7.97. The fourth-order valence-electron chi connectivity index (χ4n) is 2.38. The lowest BCUT2D eigenvalue weighted by Gasteiger charge is -2.20. The Morgan fingerprint density at radius 1 is 1.55 bits per heavy atom. The molecule has 0 bridgehead atoms. The van der Waals surface area contributed by atoms with Crippen LogP contribution in [0.2, 0.25) is 0 Å². The van der Waals surface area contributed by atoms with Crippen molar-refractivity contribution in [3.8, 4) is 0 Å². The third-order valence-corrected chi connectivity index (χ3v) is 4.05. The van der Waals surface area contributed by atoms with Gasteiger partial charge in [0.2, 0.25) is 0 Å². The van der Waals surface area contributed by atoms with Crippen molar-refractivity contribution < 1.29 is 22.1 Å². The van der Waals surface area contributed by atoms with Crippen molar-refractivity contribution in [2.45, 2.75) is 38.9 Å². The zero-order valence-corrected chi connectivity index (χ0v) is 13.4. The number of hydrogen-bond acceptors (Lipinski definition) is 3. The third kappa shape index (κ3) is 4.98. The predicted octanol–water partition coefficient (Wildman–Crippen LogP) is 3.39. The highest BCUT2D eigenvalue weighted by Gasteiger charge is 2.30. The summed E-state index contributed by atoms with van der Waals surface area (Å²) >= 11 is -2.35. The van der Waals surface area contributed by atoms with Crippen LogP contribution < -0.4 is 0 Å². The maximum atomic E-state index is 14.2. The number of benzene rings is 1. The molecule has 1 aromatic rings. The molecule has 1 aliphatic carbocycles. The summed E-state index contributed by atoms with van der Waals surface area (Å²) in [6.07, 6.45) is 2.56. The molecule has 0 radical (unpaired) electrons. The maximum absolute atomic E-state index is 14.2. The lowest BCUT2D eigenvalue weighted by molar-refractivity contribution is 0.0846. The first kappa shape index (κ1) is 17.3. The van der Waals surface area contributed by atoms with Crippen molar-refractivity contribution in [2.24, 2.45) is 5.92 Å². The zero-order valence-electron chi connectivity index (χ0n) is 12.6. The van der Waals surface area contributed by atoms with Gasteiger partial charge in [-0.05, 0) is 48.4 Å². The first-order valence-corrected chi connectivity index (χ1v) is 8.36. The summed E-state index contributed by atoms with van der Waals surface area (Å²) in [6.45, 7) is 6.47. The molecule has 0 saturated heterocycles. The summed E-state index contributed by atoms with van der Waals surface area (Å²) in [5.74, 6) is 0.143. The Morgan fingerprint density at radius 3 is 2.82 bits per heavy atom. The van der Waals surface area contributed by atoms with Gasteiger partial charge in [0.05, 0.1) is 12.7 Å². The van der Waals surface area contributed by atoms with E-state index in [2.05, 4.69) is 10.8 Å². The molecular weight excluding hydrogens is 307 g/mol. The second-order valence-corrected chi connectivity index (χ2v) is 6.07. The van der Waals surface area contributed by atoms with Gasteiger partial charge in [0.25, 0.3) is 0 Å². The Balaban J connectivity index is 2.03. The Hall–Kier alpha value is -1.08. The van der Waals surface area contributed by atoms with Crippen LogP contribution in [0, 0.1) is 11.7 Å². The molecule has 1 saturated carbocycles. The van der Waals surface area contributed by atoms with Crippen LogP contribution in [-0.4, -0.2) is 21.5 Å². The second-order valence-electron chi connectivity index (χ2n) is 5.40. The van der Waals surface area contributed by atoms with Crippen molar-refractivity contribution in [3.63, 3.8) is 0 Å². The molecule has 1 fully saturated rings. The third-order valence-electron chi connectivity index (χ3n) is 3.73. The van der Waals surface area contributed by atoms with E-state index in [0.29, 0.717) is 30.1 Å². The van der Waals surface area contributed by atoms with Crippen LogP contribution >= 0.6 is 0 Å². The van der Waals surface area contributed by atoms with Crippen molar-refractivity contribution in [2.75, 3.05) is 6.61 Å². The summed E-state index contributed by atoms with van der Waals surface area (Å²) in [6, 6.07) is 4.68. The molecule has 0 aromatic heterocycles. The van der Waals surface area contributed by atoms with Crippen LogP contribution in [-0.2, 0) is 33.3 Å². The fourth-order valence-corrected chi connectivity index (χ4v) is 2.62. The highest BCUT2D eigenvalue weighted by molar-refractivity contribution is 7.74. The van der Waals surface area contributed by atoms with E-state index in [9.17, 15) is 8.60 Å². The van der Waals surface area contributed by atoms with Gasteiger partial charge >= 0.3 is 11.4 Å². The van der Waals surface area contributed by atoms with Crippen LogP contribution in [0.1, 0.15) is 30.9 Å². The minimum Gasteiger partial charge on any atom is -0.374 e. The van der Waals surface area contributed by atoms with Gasteiger partial charge in [0, 0.05) is 13.0 Å². The largest absolute Gasteiger partial charge is 0.374 e. The molecule has 6 heteroatoms. The number of halogens is 1. The molecule has 122 valence electrons. The molecule has 0 heterocycles. The normalized spacial score (nSPS) is 17.2. The highest BCUT2D eigenvalue weighted by atomic mass is 32.2. The first-order valence-electron chi connectivity index (χ1n) is 7.33. The van der Waals surface area contributed by atoms with E-state index in [1.54, 1.807) is 12.1 Å². The standard InChI is InChI=1S/C16H21FO4S/c1-3-20-16(11(2)13-6-7-13)9-14-5-4-12(8-15(14)17)10-21-22(18)19/h4-5,8,13,16H,2-3,6-7,9-10H2,1H3,(H,18,19). The zero-order chi connectivity index (χ0) is 16.1. The van der Waals surface area contributed by atoms with E-state index in [1.807, 2.05) is 6.92 Å². The van der Waals surface area contributed by atoms with Crippen LogP contribution in [0.25, 0.3) is 0 Å². The SMILES string of the molecule is C=C(C1CC1)C(Cc1ccc(COS(=O)O)cc1F)OCC. The van der Waals surface area contributed by atoms with Gasteiger partial charge in [-0.1, -0.05) is 18.7 Å². The predicted molar refractivity (Wildman–Crippen MR) is 82.9 cm³/mol. The van der Waals surface area contributed by atoms with Crippen molar-refractivity contribution in [3.05, 3.63) is 47.3 Å². The Labute approximate surface area is 132 Å². The van der Waals surface area contributed by atoms with Crippen LogP contribution in [0.4, 0.5) is 4.39 Å². The highest BCUT2D eigenvalue weighted by Crippen LogP contribution is 2.38. The monoisotopic (exact) mass is 328 g/mol. The van der Waals surface area contributed by atoms with E-state index >= 15 is 0 Å². The van der Waals surface area contributed by atoms with Gasteiger partial charge in [-0.2, -0.15) is 4.21 Å². The molecule has 22 heavy (non-hydrogen) atoms. The molecule has 1 N–H and O–H groups in total. The Morgan fingerprint density at radius 2 is 2.27 bits per heavy atom. The summed E-state index contributed by atoms with van der Waals surface area (Å²) in [4.78, 5) is 0. The average Bonchev–Trinajstić information content (AvgIpc) is 3.30. The smallest absolute Gasteiger partial charge is 0.302 e. The minimum atomic E-state index is -2.35. The molecule has 4 nitrogen and oxygen atoms in total. The minimum absolute atomic E-state index is 0.107. The van der Waals surface area contributed by atoms with Gasteiger partial charge in [0.1, 0.15) is 5.82 Å². The van der Waals surface area contributed by atoms with E-state index in [1.165, 1.54) is 6.07 Å². The molecule has 0 amide bonds. The lowest BCUT2D eigenvalue weighted by atomic mass is 9.98. The van der Waals surface area contributed by atoms with E-state index in [-0.39, 0.29) is 18.5 Å². The average molecular weight is 328 g/mol. The first-order chi connectivity index (χ1) is 10.5. The van der Waals surface area contributed by atoms with E-state index in [0.717, 1.165) is 18.4 Å². The van der Waals surface area contributed by atoms with Crippen LogP contribution in [0.3, 0.4) is 0 Å². The summed E-state index contributed by atoms with van der Waals surface area (Å²) in [5.41, 5.74) is 2.11. The molecule has 2 rings (SSSR count). The number of rotatable bonds is 9. The summed E-state index contributed by atoms with van der Waals surface area (Å²) in [5, 5.41) is 0. The van der Waals surface area contributed by atoms with Gasteiger partial charge in [-0.25, -0.2) is 4.39 Å². The van der Waals surface area contributed by atoms with E-state index < -0.39 is 11.4 Å². The molecule has 0 aliphatic heterocycles. The topological polar surface area (TPSA) is 55.8 Å². The molecular formula is C16H21FO4S. The van der Waals surface area contributed by atoms with Gasteiger partial charge in [-0.15, -0.1) is 0 Å². The molecule has 2 atom stereocenters. The van der Waals surface area contributed by atoms with Crippen LogP contribution in [0.15, 0.2) is 30.4 Å². The molecule has 1 aromatic carbocycles. The molecule has 1 aliphatic rings. The maximum Gasteiger partial charge on any atom is 0.302 e. The summed E-state index contributed by atoms with van der Waals surface area (Å²) < 4.78 is 43.4. The molecule has 0 spiro atoms. The number of hydrogen-bond donors (Lipinski definition) is 1. The van der Waals surface area contributed by atoms with Crippen molar-refractivity contribution in [1.29, 1.82) is 0 Å². The Kier molecular flexibility index (Phi) is 6.26. The van der Waals surface area contributed by atoms with Gasteiger partial charge < -0.3 is 4.74 Å². The molecule has 2 unspecified atom stereocenters. The fraction of sp³-hybridized carbons (Fsp3) is 0.500. The van der Waals surface area contributed by atoms with Crippen molar-refractivity contribution in [1.82, 2.24) is 0 Å². The van der Waals surface area contributed by atoms with Gasteiger partial charge in [-0.3, -0.25) is 8.74 Å². The van der Waals surface area contributed by atoms with Gasteiger partial charge in [0.15, 0.2) is 0 Å². The lowest BCUT2D eigenvalue weighted by Crippen LogP contribution is -2.20.